The molecule has 0 saturated carbocycles. The number of carbonyl (C=O) groups excluding carboxylic acids is 1. The van der Waals surface area contributed by atoms with Gasteiger partial charge in [-0.1, -0.05) is 13.2 Å². The quantitative estimate of drug-likeness (QED) is 0.451. The van der Waals surface area contributed by atoms with Crippen LogP contribution in [0.25, 0.3) is 0 Å². The molecule has 0 aliphatic carbocycles. The Morgan fingerprint density at radius 2 is 1.94 bits per heavy atom. The molecule has 1 N–H and O–H groups in total. The van der Waals surface area contributed by atoms with Gasteiger partial charge in [-0.15, -0.1) is 0 Å². The molecule has 0 aromatic carbocycles. The number of carboxylic acids is 1. The van der Waals surface area contributed by atoms with Crippen molar-refractivity contribution in [3.05, 3.63) is 24.3 Å². The molecule has 100 valence electrons. The van der Waals surface area contributed by atoms with Crippen molar-refractivity contribution < 1.29 is 24.2 Å². The van der Waals surface area contributed by atoms with Crippen LogP contribution in [0.5, 0.6) is 0 Å². The Kier molecular flexibility index (Phi) is 10.2. The normalized spacial score (nSPS) is 10.1. The summed E-state index contributed by atoms with van der Waals surface area (Å²) in [4.78, 5) is 20.4. The second kappa shape index (κ2) is 10.1. The van der Waals surface area contributed by atoms with Crippen molar-refractivity contribution in [2.45, 2.75) is 20.0 Å². The van der Waals surface area contributed by atoms with Crippen molar-refractivity contribution in [2.75, 3.05) is 13.7 Å². The van der Waals surface area contributed by atoms with Crippen LogP contribution in [0, 0.1) is 11.3 Å². The zero-order valence-electron chi connectivity index (χ0n) is 10.7. The Bertz CT molecular complexity index is 367. The van der Waals surface area contributed by atoms with Crippen molar-refractivity contribution in [2.24, 2.45) is 0 Å². The van der Waals surface area contributed by atoms with Crippen LogP contribution >= 0.6 is 0 Å². The van der Waals surface area contributed by atoms with E-state index in [4.69, 9.17) is 15.1 Å². The second-order valence-electron chi connectivity index (χ2n) is 3.01. The Balaban J connectivity index is 0. The van der Waals surface area contributed by atoms with E-state index in [1.54, 1.807) is 6.92 Å². The summed E-state index contributed by atoms with van der Waals surface area (Å²) in [7, 11) is 1.33. The van der Waals surface area contributed by atoms with E-state index < -0.39 is 17.5 Å². The maximum absolute atomic E-state index is 10.8. The van der Waals surface area contributed by atoms with E-state index in [1.807, 2.05) is 6.92 Å². The fourth-order valence-corrected chi connectivity index (χ4v) is 0.695. The lowest BCUT2D eigenvalue weighted by Gasteiger charge is -2.11. The molecule has 0 spiro atoms. The minimum Gasteiger partial charge on any atom is -0.477 e. The summed E-state index contributed by atoms with van der Waals surface area (Å²) in [6.45, 7) is 10.7. The first-order valence-electron chi connectivity index (χ1n) is 5.02. The van der Waals surface area contributed by atoms with Gasteiger partial charge < -0.3 is 14.6 Å². The highest BCUT2D eigenvalue weighted by molar-refractivity contribution is 5.90. The second-order valence-corrected chi connectivity index (χ2v) is 3.01. The summed E-state index contributed by atoms with van der Waals surface area (Å²) in [5.41, 5.74) is -0.0747. The summed E-state index contributed by atoms with van der Waals surface area (Å²) < 4.78 is 9.59. The fraction of sp³-hybridized carbons (Fsp3) is 0.417. The van der Waals surface area contributed by atoms with Crippen LogP contribution in [0.2, 0.25) is 0 Å². The molecule has 1 unspecified atom stereocenters. The summed E-state index contributed by atoms with van der Waals surface area (Å²) in [5.74, 6) is -1.67. The largest absolute Gasteiger partial charge is 0.477 e. The molecule has 0 radical (unpaired) electrons. The summed E-state index contributed by atoms with van der Waals surface area (Å²) in [6, 6.07) is 1.37. The average molecular weight is 255 g/mol. The van der Waals surface area contributed by atoms with Crippen molar-refractivity contribution in [3.8, 4) is 6.07 Å². The van der Waals surface area contributed by atoms with Crippen LogP contribution < -0.4 is 0 Å². The van der Waals surface area contributed by atoms with Gasteiger partial charge in [-0.3, -0.25) is 0 Å². The van der Waals surface area contributed by atoms with Gasteiger partial charge in [0.25, 0.3) is 0 Å². The molecule has 0 heterocycles. The molecule has 1 atom stereocenters. The van der Waals surface area contributed by atoms with E-state index in [1.165, 1.54) is 13.2 Å². The van der Waals surface area contributed by atoms with Gasteiger partial charge in [0.05, 0.1) is 18.8 Å². The third kappa shape index (κ3) is 8.07. The molecular weight excluding hydrogens is 238 g/mol. The third-order valence-corrected chi connectivity index (χ3v) is 1.75. The predicted octanol–water partition coefficient (Wildman–Crippen LogP) is 1.29. The number of methoxy groups -OCH3 is 1. The van der Waals surface area contributed by atoms with E-state index in [-0.39, 0.29) is 6.10 Å². The molecule has 0 bridgehead atoms. The van der Waals surface area contributed by atoms with Gasteiger partial charge in [-0.05, 0) is 13.8 Å². The van der Waals surface area contributed by atoms with E-state index in [0.29, 0.717) is 12.2 Å². The Hall–Kier alpha value is -2.13. The fourth-order valence-electron chi connectivity index (χ4n) is 0.695. The number of nitrogens with zero attached hydrogens (tertiary/aromatic N) is 1. The Morgan fingerprint density at radius 3 is 2.17 bits per heavy atom. The first-order valence-corrected chi connectivity index (χ1v) is 5.02. The maximum atomic E-state index is 10.8. The van der Waals surface area contributed by atoms with E-state index in [2.05, 4.69) is 17.9 Å². The van der Waals surface area contributed by atoms with Crippen LogP contribution in [-0.4, -0.2) is 36.9 Å². The topological polar surface area (TPSA) is 96.6 Å². The zero-order chi connectivity index (χ0) is 14.7. The molecule has 0 aliphatic rings. The van der Waals surface area contributed by atoms with E-state index in [0.717, 1.165) is 0 Å². The van der Waals surface area contributed by atoms with Crippen LogP contribution in [0.15, 0.2) is 24.3 Å². The number of hydrogen-bond donors (Lipinski definition) is 1. The zero-order valence-corrected chi connectivity index (χ0v) is 10.7. The molecule has 0 fully saturated rings. The first-order chi connectivity index (χ1) is 8.31. The van der Waals surface area contributed by atoms with Gasteiger partial charge in [-0.2, -0.15) is 5.26 Å². The number of esters is 1. The van der Waals surface area contributed by atoms with Gasteiger partial charge in [0.15, 0.2) is 0 Å². The highest BCUT2D eigenvalue weighted by Gasteiger charge is 2.14. The lowest BCUT2D eigenvalue weighted by Crippen LogP contribution is -2.18. The number of ether oxygens (including phenoxy) is 2. The SMILES string of the molecule is C=C(C#N)C(=O)O.C=C(C(=O)OC)C(C)OCC. The molecule has 0 amide bonds. The van der Waals surface area contributed by atoms with Crippen molar-refractivity contribution in [3.63, 3.8) is 0 Å². The predicted molar refractivity (Wildman–Crippen MR) is 64.6 cm³/mol. The van der Waals surface area contributed by atoms with Gasteiger partial charge in [-0.25, -0.2) is 9.59 Å². The number of carboxylic acid groups (broad SMARTS) is 1. The lowest BCUT2D eigenvalue weighted by atomic mass is 10.2. The minimum absolute atomic E-state index is 0.257. The standard InChI is InChI=1S/C8H14O3.C4H3NO2/c1-5-11-7(3)6(2)8(9)10-4;1-3(2-5)4(6)7/h7H,2,5H2,1,3-4H3;1H2,(H,6,7). The number of nitriles is 1. The number of hydrogen-bond acceptors (Lipinski definition) is 5. The summed E-state index contributed by atoms with van der Waals surface area (Å²) in [5, 5.41) is 15.6. The molecular formula is C12H17NO5. The van der Waals surface area contributed by atoms with E-state index in [9.17, 15) is 9.59 Å². The van der Waals surface area contributed by atoms with E-state index >= 15 is 0 Å². The number of aliphatic carboxylic acids is 1. The Morgan fingerprint density at radius 1 is 1.44 bits per heavy atom. The monoisotopic (exact) mass is 255 g/mol. The molecule has 6 nitrogen and oxygen atoms in total. The number of carbonyl (C=O) groups is 2. The highest BCUT2D eigenvalue weighted by atomic mass is 16.5. The van der Waals surface area contributed by atoms with Crippen LogP contribution in [-0.2, 0) is 19.1 Å². The van der Waals surface area contributed by atoms with Crippen molar-refractivity contribution >= 4 is 11.9 Å². The molecule has 18 heavy (non-hydrogen) atoms. The summed E-state index contributed by atoms with van der Waals surface area (Å²) in [6.07, 6.45) is -0.257. The van der Waals surface area contributed by atoms with Crippen LogP contribution in [0.1, 0.15) is 13.8 Å². The van der Waals surface area contributed by atoms with Crippen LogP contribution in [0.4, 0.5) is 0 Å². The molecule has 0 aromatic heterocycles. The molecule has 6 heteroatoms. The van der Waals surface area contributed by atoms with Crippen molar-refractivity contribution in [1.29, 1.82) is 5.26 Å². The molecule has 0 rings (SSSR count). The highest BCUT2D eigenvalue weighted by Crippen LogP contribution is 2.04. The van der Waals surface area contributed by atoms with Gasteiger partial charge in [0.2, 0.25) is 0 Å². The summed E-state index contributed by atoms with van der Waals surface area (Å²) >= 11 is 0. The average Bonchev–Trinajstić information content (AvgIpc) is 2.36. The van der Waals surface area contributed by atoms with Gasteiger partial charge in [0.1, 0.15) is 11.6 Å². The smallest absolute Gasteiger partial charge is 0.345 e. The molecule has 0 aromatic rings. The first kappa shape index (κ1) is 18.2. The van der Waals surface area contributed by atoms with Crippen LogP contribution in [0.3, 0.4) is 0 Å². The van der Waals surface area contributed by atoms with Gasteiger partial charge in [0, 0.05) is 6.61 Å². The number of rotatable bonds is 5. The minimum atomic E-state index is -1.26. The molecule has 0 saturated heterocycles. The maximum Gasteiger partial charge on any atom is 0.345 e. The van der Waals surface area contributed by atoms with Crippen molar-refractivity contribution in [1.82, 2.24) is 0 Å². The van der Waals surface area contributed by atoms with Gasteiger partial charge >= 0.3 is 11.9 Å². The third-order valence-electron chi connectivity index (χ3n) is 1.75. The lowest BCUT2D eigenvalue weighted by molar-refractivity contribution is -0.137. The Labute approximate surface area is 106 Å². The molecule has 0 aliphatic heterocycles.